The number of pyridine rings is 1. The molecule has 2 aromatic heterocycles. The monoisotopic (exact) mass is 182 g/mol. The third-order valence-corrected chi connectivity index (χ3v) is 1.88. The molecule has 0 bridgehead atoms. The van der Waals surface area contributed by atoms with E-state index in [1.165, 1.54) is 12.3 Å². The van der Waals surface area contributed by atoms with Crippen molar-refractivity contribution in [1.29, 1.82) is 0 Å². The van der Waals surface area contributed by atoms with Crippen LogP contribution in [0.1, 0.15) is 17.7 Å². The first-order chi connectivity index (χ1) is 6.16. The van der Waals surface area contributed by atoms with Crippen LogP contribution in [-0.2, 0) is 0 Å². The minimum atomic E-state index is -2.46. The summed E-state index contributed by atoms with van der Waals surface area (Å²) in [4.78, 5) is 6.87. The number of aromatic amines is 1. The molecule has 0 unspecified atom stereocenters. The van der Waals surface area contributed by atoms with Gasteiger partial charge in [-0.3, -0.25) is 4.98 Å². The fourth-order valence-corrected chi connectivity index (χ4v) is 1.28. The summed E-state index contributed by atoms with van der Waals surface area (Å²) in [6.07, 6.45) is -1.25. The van der Waals surface area contributed by atoms with Crippen LogP contribution in [0.5, 0.6) is 0 Å². The summed E-state index contributed by atoms with van der Waals surface area (Å²) in [7, 11) is 0. The summed E-state index contributed by atoms with van der Waals surface area (Å²) < 4.78 is 24.5. The lowest BCUT2D eigenvalue weighted by Gasteiger charge is -1.97. The van der Waals surface area contributed by atoms with Gasteiger partial charge in [-0.2, -0.15) is 0 Å². The molecule has 0 amide bonds. The van der Waals surface area contributed by atoms with Crippen LogP contribution in [0.25, 0.3) is 11.0 Å². The molecule has 0 aromatic carbocycles. The normalized spacial score (nSPS) is 11.4. The average molecular weight is 182 g/mol. The molecular formula is C9H8F2N2. The maximum Gasteiger partial charge on any atom is 0.265 e. The second-order valence-corrected chi connectivity index (χ2v) is 2.95. The molecule has 0 saturated carbocycles. The van der Waals surface area contributed by atoms with Crippen molar-refractivity contribution in [3.8, 4) is 0 Å². The number of alkyl halides is 2. The molecule has 13 heavy (non-hydrogen) atoms. The number of aromatic nitrogens is 2. The van der Waals surface area contributed by atoms with Gasteiger partial charge in [-0.15, -0.1) is 0 Å². The summed E-state index contributed by atoms with van der Waals surface area (Å²) >= 11 is 0. The molecule has 2 nitrogen and oxygen atoms in total. The standard InChI is InChI=1S/C9H8F2N2/c1-5-2-7-8(13-5)3-6(4-12-7)9(10)11/h2-4,9,13H,1H3. The lowest BCUT2D eigenvalue weighted by Crippen LogP contribution is -1.85. The lowest BCUT2D eigenvalue weighted by atomic mass is 10.2. The summed E-state index contributed by atoms with van der Waals surface area (Å²) in [5.74, 6) is 0. The third-order valence-electron chi connectivity index (χ3n) is 1.88. The zero-order valence-corrected chi connectivity index (χ0v) is 7.01. The van der Waals surface area contributed by atoms with Crippen LogP contribution in [0.4, 0.5) is 8.78 Å². The molecule has 0 aliphatic carbocycles. The highest BCUT2D eigenvalue weighted by atomic mass is 19.3. The zero-order chi connectivity index (χ0) is 9.42. The highest BCUT2D eigenvalue weighted by Gasteiger charge is 2.08. The first-order valence-electron chi connectivity index (χ1n) is 3.90. The highest BCUT2D eigenvalue weighted by Crippen LogP contribution is 2.21. The van der Waals surface area contributed by atoms with Crippen molar-refractivity contribution in [2.75, 3.05) is 0 Å². The van der Waals surface area contributed by atoms with Crippen LogP contribution in [0.3, 0.4) is 0 Å². The Morgan fingerprint density at radius 3 is 2.85 bits per heavy atom. The van der Waals surface area contributed by atoms with Gasteiger partial charge in [0.1, 0.15) is 0 Å². The van der Waals surface area contributed by atoms with Gasteiger partial charge in [-0.25, -0.2) is 8.78 Å². The summed E-state index contributed by atoms with van der Waals surface area (Å²) in [6.45, 7) is 1.86. The molecule has 68 valence electrons. The van der Waals surface area contributed by atoms with Crippen molar-refractivity contribution in [2.24, 2.45) is 0 Å². The summed E-state index contributed by atoms with van der Waals surface area (Å²) in [5, 5.41) is 0. The molecule has 0 fully saturated rings. The van der Waals surface area contributed by atoms with Crippen molar-refractivity contribution in [3.63, 3.8) is 0 Å². The second-order valence-electron chi connectivity index (χ2n) is 2.95. The van der Waals surface area contributed by atoms with Gasteiger partial charge in [0.25, 0.3) is 6.43 Å². The number of hydrogen-bond donors (Lipinski definition) is 1. The summed E-state index contributed by atoms with van der Waals surface area (Å²) in [6, 6.07) is 3.25. The van der Waals surface area contributed by atoms with Gasteiger partial charge < -0.3 is 4.98 Å². The van der Waals surface area contributed by atoms with Crippen molar-refractivity contribution in [1.82, 2.24) is 9.97 Å². The maximum absolute atomic E-state index is 12.2. The fraction of sp³-hybridized carbons (Fsp3) is 0.222. The van der Waals surface area contributed by atoms with E-state index in [0.717, 1.165) is 11.2 Å². The molecule has 0 saturated heterocycles. The number of hydrogen-bond acceptors (Lipinski definition) is 1. The Morgan fingerprint density at radius 1 is 1.38 bits per heavy atom. The van der Waals surface area contributed by atoms with E-state index in [-0.39, 0.29) is 5.56 Å². The molecule has 0 spiro atoms. The van der Waals surface area contributed by atoms with Crippen LogP contribution in [0.2, 0.25) is 0 Å². The molecular weight excluding hydrogens is 174 g/mol. The lowest BCUT2D eigenvalue weighted by molar-refractivity contribution is 0.151. The van der Waals surface area contributed by atoms with Gasteiger partial charge in [-0.05, 0) is 19.1 Å². The maximum atomic E-state index is 12.2. The van der Waals surface area contributed by atoms with Crippen LogP contribution in [0.15, 0.2) is 18.3 Å². The molecule has 4 heteroatoms. The molecule has 2 aromatic rings. The number of aryl methyl sites for hydroxylation is 1. The predicted molar refractivity (Wildman–Crippen MR) is 45.8 cm³/mol. The number of H-pyrrole nitrogens is 1. The van der Waals surface area contributed by atoms with E-state index in [2.05, 4.69) is 9.97 Å². The van der Waals surface area contributed by atoms with Crippen LogP contribution in [-0.4, -0.2) is 9.97 Å². The quantitative estimate of drug-likeness (QED) is 0.721. The van der Waals surface area contributed by atoms with Gasteiger partial charge in [0.05, 0.1) is 11.0 Å². The van der Waals surface area contributed by atoms with Gasteiger partial charge >= 0.3 is 0 Å². The molecule has 0 radical (unpaired) electrons. The Labute approximate surface area is 73.6 Å². The minimum absolute atomic E-state index is 0.0469. The molecule has 2 rings (SSSR count). The van der Waals surface area contributed by atoms with E-state index in [4.69, 9.17) is 0 Å². The van der Waals surface area contributed by atoms with E-state index in [0.29, 0.717) is 5.52 Å². The van der Waals surface area contributed by atoms with E-state index in [1.807, 2.05) is 13.0 Å². The number of nitrogens with zero attached hydrogens (tertiary/aromatic N) is 1. The van der Waals surface area contributed by atoms with Gasteiger partial charge in [-0.1, -0.05) is 0 Å². The van der Waals surface area contributed by atoms with Crippen molar-refractivity contribution in [2.45, 2.75) is 13.3 Å². The van der Waals surface area contributed by atoms with Crippen molar-refractivity contribution < 1.29 is 8.78 Å². The van der Waals surface area contributed by atoms with Gasteiger partial charge in [0.15, 0.2) is 0 Å². The number of fused-ring (bicyclic) bond motifs is 1. The van der Waals surface area contributed by atoms with Gasteiger partial charge in [0.2, 0.25) is 0 Å². The van der Waals surface area contributed by atoms with E-state index < -0.39 is 6.43 Å². The predicted octanol–water partition coefficient (Wildman–Crippen LogP) is 2.81. The van der Waals surface area contributed by atoms with Crippen molar-refractivity contribution in [3.05, 3.63) is 29.6 Å². The Kier molecular flexibility index (Phi) is 1.76. The Bertz CT molecular complexity index is 434. The SMILES string of the molecule is Cc1cc2ncc(C(F)F)cc2[nH]1. The van der Waals surface area contributed by atoms with Crippen molar-refractivity contribution >= 4 is 11.0 Å². The zero-order valence-electron chi connectivity index (χ0n) is 7.01. The molecule has 0 aliphatic heterocycles. The topological polar surface area (TPSA) is 28.7 Å². The van der Waals surface area contributed by atoms with E-state index in [9.17, 15) is 8.78 Å². The van der Waals surface area contributed by atoms with Crippen LogP contribution < -0.4 is 0 Å². The molecule has 0 aliphatic rings. The Morgan fingerprint density at radius 2 is 2.15 bits per heavy atom. The second kappa shape index (κ2) is 2.80. The highest BCUT2D eigenvalue weighted by molar-refractivity contribution is 5.76. The van der Waals surface area contributed by atoms with E-state index in [1.54, 1.807) is 0 Å². The largest absolute Gasteiger partial charge is 0.357 e. The molecule has 2 heterocycles. The van der Waals surface area contributed by atoms with E-state index >= 15 is 0 Å². The molecule has 0 atom stereocenters. The fourth-order valence-electron chi connectivity index (χ4n) is 1.28. The Balaban J connectivity index is 2.61. The minimum Gasteiger partial charge on any atom is -0.357 e. The first-order valence-corrected chi connectivity index (χ1v) is 3.90. The number of halogens is 2. The Hall–Kier alpha value is -1.45. The van der Waals surface area contributed by atoms with Gasteiger partial charge in [0, 0.05) is 17.5 Å². The summed E-state index contributed by atoms with van der Waals surface area (Å²) in [5.41, 5.74) is 2.26. The first kappa shape index (κ1) is 8.16. The van der Waals surface area contributed by atoms with Crippen LogP contribution >= 0.6 is 0 Å². The number of rotatable bonds is 1. The average Bonchev–Trinajstić information content (AvgIpc) is 2.42. The molecule has 1 N–H and O–H groups in total. The number of nitrogens with one attached hydrogen (secondary N) is 1. The van der Waals surface area contributed by atoms with Crippen LogP contribution in [0, 0.1) is 6.92 Å². The smallest absolute Gasteiger partial charge is 0.265 e. The third kappa shape index (κ3) is 1.39.